The molecule has 1 aliphatic rings. The van der Waals surface area contributed by atoms with Crippen LogP contribution < -0.4 is 4.90 Å². The van der Waals surface area contributed by atoms with Gasteiger partial charge in [-0.25, -0.2) is 4.98 Å². The number of pyridine rings is 1. The van der Waals surface area contributed by atoms with Crippen molar-refractivity contribution in [3.63, 3.8) is 0 Å². The molecule has 2 aromatic heterocycles. The number of aromatic hydroxyl groups is 1. The van der Waals surface area contributed by atoms with E-state index >= 15 is 0 Å². The van der Waals surface area contributed by atoms with Gasteiger partial charge in [0.1, 0.15) is 5.75 Å². The molecule has 1 aliphatic heterocycles. The minimum Gasteiger partial charge on any atom is -0.506 e. The lowest BCUT2D eigenvalue weighted by molar-refractivity contribution is 0.0748. The highest BCUT2D eigenvalue weighted by Gasteiger charge is 2.27. The second-order valence-electron chi connectivity index (χ2n) is 8.14. The van der Waals surface area contributed by atoms with Crippen LogP contribution >= 0.6 is 0 Å². The normalized spacial score (nSPS) is 14.2. The van der Waals surface area contributed by atoms with Gasteiger partial charge in [0.2, 0.25) is 0 Å². The Morgan fingerprint density at radius 2 is 1.72 bits per heavy atom. The zero-order valence-electron chi connectivity index (χ0n) is 18.1. The molecule has 1 amide bonds. The summed E-state index contributed by atoms with van der Waals surface area (Å²) in [6.45, 7) is 6.26. The highest BCUT2D eigenvalue weighted by molar-refractivity contribution is 6.07. The highest BCUT2D eigenvalue weighted by Crippen LogP contribution is 2.30. The van der Waals surface area contributed by atoms with Gasteiger partial charge in [0, 0.05) is 31.7 Å². The number of para-hydroxylation sites is 2. The van der Waals surface area contributed by atoms with Crippen molar-refractivity contribution < 1.29 is 14.4 Å². The lowest BCUT2D eigenvalue weighted by Gasteiger charge is -2.36. The lowest BCUT2D eigenvalue weighted by atomic mass is 10.0. The number of anilines is 1. The number of phenols is 1. The summed E-state index contributed by atoms with van der Waals surface area (Å²) in [7, 11) is 0. The maximum Gasteiger partial charge on any atom is 0.259 e. The second kappa shape index (κ2) is 8.00. The van der Waals surface area contributed by atoms with Gasteiger partial charge in [0.15, 0.2) is 0 Å². The average molecular weight is 428 g/mol. The molecule has 0 saturated carbocycles. The summed E-state index contributed by atoms with van der Waals surface area (Å²) in [5.74, 6) is 0.194. The number of benzene rings is 2. The third-order valence-electron chi connectivity index (χ3n) is 5.98. The zero-order chi connectivity index (χ0) is 22.2. The van der Waals surface area contributed by atoms with Crippen LogP contribution in [0.4, 0.5) is 5.69 Å². The number of aromatic nitrogens is 2. The Morgan fingerprint density at radius 3 is 2.44 bits per heavy atom. The summed E-state index contributed by atoms with van der Waals surface area (Å²) in [5, 5.41) is 14.9. The molecule has 1 fully saturated rings. The van der Waals surface area contributed by atoms with Gasteiger partial charge in [0.05, 0.1) is 28.0 Å². The SMILES string of the molecule is Cc1ccc(-c2cc(C(=O)N3CCN(c4ccccc4O)CC3)c3c(C)noc3n2)cc1. The van der Waals surface area contributed by atoms with Crippen molar-refractivity contribution in [2.24, 2.45) is 0 Å². The van der Waals surface area contributed by atoms with Crippen LogP contribution in [0.3, 0.4) is 0 Å². The molecule has 0 bridgehead atoms. The number of nitrogens with zero attached hydrogens (tertiary/aromatic N) is 4. The summed E-state index contributed by atoms with van der Waals surface area (Å²) < 4.78 is 5.43. The van der Waals surface area contributed by atoms with Crippen molar-refractivity contribution in [3.8, 4) is 17.0 Å². The monoisotopic (exact) mass is 428 g/mol. The predicted molar refractivity (Wildman–Crippen MR) is 123 cm³/mol. The number of hydrogen-bond acceptors (Lipinski definition) is 6. The Bertz CT molecular complexity index is 1290. The summed E-state index contributed by atoms with van der Waals surface area (Å²) in [6.07, 6.45) is 0. The van der Waals surface area contributed by atoms with Gasteiger partial charge in [0.25, 0.3) is 11.6 Å². The van der Waals surface area contributed by atoms with Gasteiger partial charge in [-0.3, -0.25) is 4.79 Å². The first-order valence-corrected chi connectivity index (χ1v) is 10.7. The number of fused-ring (bicyclic) bond motifs is 1. The van der Waals surface area contributed by atoms with Crippen LogP contribution in [0.2, 0.25) is 0 Å². The van der Waals surface area contributed by atoms with Crippen molar-refractivity contribution in [2.75, 3.05) is 31.1 Å². The van der Waals surface area contributed by atoms with E-state index in [2.05, 4.69) is 15.0 Å². The van der Waals surface area contributed by atoms with Crippen molar-refractivity contribution >= 4 is 22.7 Å². The fourth-order valence-corrected chi connectivity index (χ4v) is 4.19. The smallest absolute Gasteiger partial charge is 0.259 e. The standard InChI is InChI=1S/C25H24N4O3/c1-16-7-9-18(10-8-16)20-15-19(23-17(2)27-32-24(23)26-20)25(31)29-13-11-28(12-14-29)21-5-3-4-6-22(21)30/h3-10,15,30H,11-14H2,1-2H3. The molecule has 0 unspecified atom stereocenters. The van der Waals surface area contributed by atoms with E-state index in [1.807, 2.05) is 61.2 Å². The summed E-state index contributed by atoms with van der Waals surface area (Å²) in [6, 6.07) is 17.2. The van der Waals surface area contributed by atoms with Gasteiger partial charge in [-0.05, 0) is 32.0 Å². The predicted octanol–water partition coefficient (Wildman–Crippen LogP) is 4.17. The Labute approximate surface area is 185 Å². The molecule has 0 aliphatic carbocycles. The van der Waals surface area contributed by atoms with E-state index in [9.17, 15) is 9.90 Å². The molecule has 0 radical (unpaired) electrons. The first-order valence-electron chi connectivity index (χ1n) is 10.7. The molecule has 0 spiro atoms. The van der Waals surface area contributed by atoms with E-state index in [-0.39, 0.29) is 11.7 Å². The number of piperazine rings is 1. The number of amides is 1. The Balaban J connectivity index is 1.45. The first-order chi connectivity index (χ1) is 15.5. The van der Waals surface area contributed by atoms with E-state index in [0.717, 1.165) is 16.8 Å². The highest BCUT2D eigenvalue weighted by atomic mass is 16.5. The Hall–Kier alpha value is -3.87. The van der Waals surface area contributed by atoms with Crippen LogP contribution in [0.5, 0.6) is 5.75 Å². The number of aryl methyl sites for hydroxylation is 2. The lowest BCUT2D eigenvalue weighted by Crippen LogP contribution is -2.48. The van der Waals surface area contributed by atoms with Gasteiger partial charge in [-0.2, -0.15) is 0 Å². The molecular formula is C25H24N4O3. The Morgan fingerprint density at radius 1 is 1.00 bits per heavy atom. The van der Waals surface area contributed by atoms with Gasteiger partial charge in [-0.15, -0.1) is 0 Å². The summed E-state index contributed by atoms with van der Waals surface area (Å²) in [5.41, 5.74) is 5.14. The second-order valence-corrected chi connectivity index (χ2v) is 8.14. The summed E-state index contributed by atoms with van der Waals surface area (Å²) >= 11 is 0. The molecule has 3 heterocycles. The van der Waals surface area contributed by atoms with Crippen LogP contribution in [0, 0.1) is 13.8 Å². The van der Waals surface area contributed by atoms with Crippen molar-refractivity contribution in [1.82, 2.24) is 15.0 Å². The molecule has 7 heteroatoms. The van der Waals surface area contributed by atoms with Gasteiger partial charge >= 0.3 is 0 Å². The van der Waals surface area contributed by atoms with Crippen LogP contribution in [-0.4, -0.2) is 52.2 Å². The first kappa shape index (κ1) is 20.1. The van der Waals surface area contributed by atoms with E-state index in [1.165, 1.54) is 0 Å². The van der Waals surface area contributed by atoms with Crippen LogP contribution in [0.15, 0.2) is 59.1 Å². The van der Waals surface area contributed by atoms with Gasteiger partial charge in [-0.1, -0.05) is 47.1 Å². The molecule has 5 rings (SSSR count). The minimum absolute atomic E-state index is 0.0611. The Kier molecular flexibility index (Phi) is 5.01. The van der Waals surface area contributed by atoms with E-state index < -0.39 is 0 Å². The fourth-order valence-electron chi connectivity index (χ4n) is 4.19. The number of carbonyl (C=O) groups is 1. The molecule has 4 aromatic rings. The maximum atomic E-state index is 13.6. The van der Waals surface area contributed by atoms with Crippen molar-refractivity contribution in [2.45, 2.75) is 13.8 Å². The third kappa shape index (κ3) is 3.56. The number of rotatable bonds is 3. The number of hydrogen-bond donors (Lipinski definition) is 1. The topological polar surface area (TPSA) is 82.7 Å². The third-order valence-corrected chi connectivity index (χ3v) is 5.98. The molecule has 1 N–H and O–H groups in total. The van der Waals surface area contributed by atoms with E-state index in [0.29, 0.717) is 54.2 Å². The van der Waals surface area contributed by atoms with Crippen LogP contribution in [0.1, 0.15) is 21.6 Å². The largest absolute Gasteiger partial charge is 0.506 e. The fraction of sp³-hybridized carbons (Fsp3) is 0.240. The minimum atomic E-state index is -0.0611. The van der Waals surface area contributed by atoms with Gasteiger partial charge < -0.3 is 19.4 Å². The van der Waals surface area contributed by atoms with Crippen LogP contribution in [-0.2, 0) is 0 Å². The van der Waals surface area contributed by atoms with Crippen molar-refractivity contribution in [3.05, 3.63) is 71.4 Å². The number of phenolic OH excluding ortho intramolecular Hbond substituents is 1. The van der Waals surface area contributed by atoms with Crippen LogP contribution in [0.25, 0.3) is 22.4 Å². The molecule has 7 nitrogen and oxygen atoms in total. The molecular weight excluding hydrogens is 404 g/mol. The molecule has 32 heavy (non-hydrogen) atoms. The molecule has 0 atom stereocenters. The summed E-state index contributed by atoms with van der Waals surface area (Å²) in [4.78, 5) is 22.1. The zero-order valence-corrected chi connectivity index (χ0v) is 18.1. The van der Waals surface area contributed by atoms with E-state index in [4.69, 9.17) is 4.52 Å². The quantitative estimate of drug-likeness (QED) is 0.527. The maximum absolute atomic E-state index is 13.6. The van der Waals surface area contributed by atoms with E-state index in [1.54, 1.807) is 12.1 Å². The number of carbonyl (C=O) groups excluding carboxylic acids is 1. The molecule has 2 aromatic carbocycles. The van der Waals surface area contributed by atoms with Crippen molar-refractivity contribution in [1.29, 1.82) is 0 Å². The average Bonchev–Trinajstić information content (AvgIpc) is 3.20. The molecule has 162 valence electrons. The molecule has 1 saturated heterocycles.